The first-order valence-electron chi connectivity index (χ1n) is 7.75. The lowest BCUT2D eigenvalue weighted by atomic mass is 10.0. The number of pyridine rings is 1. The van der Waals surface area contributed by atoms with Crippen LogP contribution in [0.1, 0.15) is 0 Å². The Morgan fingerprint density at radius 3 is 2.17 bits per heavy atom. The van der Waals surface area contributed by atoms with Gasteiger partial charge in [-0.1, -0.05) is 60.7 Å². The SMILES string of the molecule is S=c1cc(-c2ccc(Oc3ccccc3)cc2)c2ccccc2[nH]1. The molecule has 1 aromatic heterocycles. The lowest BCUT2D eigenvalue weighted by Gasteiger charge is -2.09. The number of nitrogens with one attached hydrogen (secondary N) is 1. The Hall–Kier alpha value is -2.91. The van der Waals surface area contributed by atoms with Gasteiger partial charge in [0.05, 0.1) is 0 Å². The Labute approximate surface area is 145 Å². The number of fused-ring (bicyclic) bond motifs is 1. The second kappa shape index (κ2) is 6.30. The standard InChI is InChI=1S/C21H15NOS/c24-21-14-19(18-8-4-5-9-20(18)22-21)15-10-12-17(13-11-15)23-16-6-2-1-3-7-16/h1-14H,(H,22,24). The van der Waals surface area contributed by atoms with Gasteiger partial charge in [0.15, 0.2) is 0 Å². The molecule has 4 rings (SSSR count). The Kier molecular flexibility index (Phi) is 3.85. The molecule has 0 bridgehead atoms. The highest BCUT2D eigenvalue weighted by molar-refractivity contribution is 7.71. The lowest BCUT2D eigenvalue weighted by Crippen LogP contribution is -1.87. The summed E-state index contributed by atoms with van der Waals surface area (Å²) in [5.41, 5.74) is 3.29. The molecule has 0 spiro atoms. The summed E-state index contributed by atoms with van der Waals surface area (Å²) < 4.78 is 6.58. The third-order valence-corrected chi connectivity index (χ3v) is 4.11. The molecule has 3 heteroatoms. The van der Waals surface area contributed by atoms with Gasteiger partial charge < -0.3 is 9.72 Å². The highest BCUT2D eigenvalue weighted by Gasteiger charge is 2.05. The molecular weight excluding hydrogens is 314 g/mol. The van der Waals surface area contributed by atoms with Crippen LogP contribution in [0.25, 0.3) is 22.0 Å². The van der Waals surface area contributed by atoms with E-state index in [0.717, 1.165) is 38.2 Å². The zero-order valence-electron chi connectivity index (χ0n) is 12.9. The van der Waals surface area contributed by atoms with Crippen molar-refractivity contribution in [3.63, 3.8) is 0 Å². The van der Waals surface area contributed by atoms with Crippen molar-refractivity contribution in [1.29, 1.82) is 0 Å². The van der Waals surface area contributed by atoms with Gasteiger partial charge in [-0.3, -0.25) is 0 Å². The summed E-state index contributed by atoms with van der Waals surface area (Å²) in [6, 6.07) is 28.1. The molecule has 0 aliphatic carbocycles. The maximum absolute atomic E-state index is 5.85. The third-order valence-electron chi connectivity index (χ3n) is 3.89. The van der Waals surface area contributed by atoms with Crippen LogP contribution in [-0.2, 0) is 0 Å². The number of aromatic amines is 1. The number of para-hydroxylation sites is 2. The molecule has 1 heterocycles. The Morgan fingerprint density at radius 1 is 0.708 bits per heavy atom. The van der Waals surface area contributed by atoms with Crippen molar-refractivity contribution < 1.29 is 4.74 Å². The average Bonchev–Trinajstić information content (AvgIpc) is 2.62. The Balaban J connectivity index is 1.72. The highest BCUT2D eigenvalue weighted by Crippen LogP contribution is 2.30. The molecule has 4 aromatic rings. The molecule has 0 amide bonds. The van der Waals surface area contributed by atoms with Crippen LogP contribution in [-0.4, -0.2) is 4.98 Å². The Bertz CT molecular complexity index is 1040. The second-order valence-corrected chi connectivity index (χ2v) is 5.97. The lowest BCUT2D eigenvalue weighted by molar-refractivity contribution is 0.483. The molecule has 0 aliphatic rings. The average molecular weight is 329 g/mol. The minimum atomic E-state index is 0.730. The summed E-state index contributed by atoms with van der Waals surface area (Å²) in [6.45, 7) is 0. The van der Waals surface area contributed by atoms with E-state index in [0.29, 0.717) is 0 Å². The van der Waals surface area contributed by atoms with Crippen LogP contribution in [0.15, 0.2) is 84.9 Å². The van der Waals surface area contributed by atoms with Gasteiger partial charge in [0.25, 0.3) is 0 Å². The van der Waals surface area contributed by atoms with E-state index in [-0.39, 0.29) is 0 Å². The number of ether oxygens (including phenoxy) is 1. The van der Waals surface area contributed by atoms with E-state index in [4.69, 9.17) is 17.0 Å². The number of hydrogen-bond donors (Lipinski definition) is 1. The van der Waals surface area contributed by atoms with E-state index in [2.05, 4.69) is 23.2 Å². The fourth-order valence-corrected chi connectivity index (χ4v) is 3.00. The molecule has 0 unspecified atom stereocenters. The fraction of sp³-hybridized carbons (Fsp3) is 0. The number of H-pyrrole nitrogens is 1. The highest BCUT2D eigenvalue weighted by atomic mass is 32.1. The largest absolute Gasteiger partial charge is 0.457 e. The number of benzene rings is 3. The molecule has 116 valence electrons. The van der Waals surface area contributed by atoms with Crippen molar-refractivity contribution in [2.24, 2.45) is 0 Å². The number of hydrogen-bond acceptors (Lipinski definition) is 2. The fourth-order valence-electron chi connectivity index (χ4n) is 2.77. The first-order chi connectivity index (χ1) is 11.8. The van der Waals surface area contributed by atoms with Crippen LogP contribution < -0.4 is 4.74 Å². The molecular formula is C21H15NOS. The van der Waals surface area contributed by atoms with Gasteiger partial charge in [0.2, 0.25) is 0 Å². The maximum atomic E-state index is 5.85. The monoisotopic (exact) mass is 329 g/mol. The van der Waals surface area contributed by atoms with E-state index in [1.807, 2.05) is 66.7 Å². The molecule has 0 saturated heterocycles. The summed E-state index contributed by atoms with van der Waals surface area (Å²) >= 11 is 5.36. The second-order valence-electron chi connectivity index (χ2n) is 5.53. The summed E-state index contributed by atoms with van der Waals surface area (Å²) in [6.07, 6.45) is 0. The smallest absolute Gasteiger partial charge is 0.127 e. The van der Waals surface area contributed by atoms with Gasteiger partial charge >= 0.3 is 0 Å². The van der Waals surface area contributed by atoms with Crippen molar-refractivity contribution in [2.45, 2.75) is 0 Å². The van der Waals surface area contributed by atoms with Gasteiger partial charge in [-0.05, 0) is 47.5 Å². The van der Waals surface area contributed by atoms with Crippen molar-refractivity contribution in [3.05, 3.63) is 89.6 Å². The topological polar surface area (TPSA) is 25.0 Å². The summed E-state index contributed by atoms with van der Waals surface area (Å²) in [5, 5.41) is 1.16. The normalized spacial score (nSPS) is 10.7. The molecule has 1 N–H and O–H groups in total. The zero-order valence-corrected chi connectivity index (χ0v) is 13.7. The van der Waals surface area contributed by atoms with Crippen molar-refractivity contribution in [2.75, 3.05) is 0 Å². The maximum Gasteiger partial charge on any atom is 0.127 e. The van der Waals surface area contributed by atoms with E-state index >= 15 is 0 Å². The van der Waals surface area contributed by atoms with Gasteiger partial charge in [0.1, 0.15) is 16.1 Å². The first-order valence-corrected chi connectivity index (χ1v) is 8.16. The minimum Gasteiger partial charge on any atom is -0.457 e. The minimum absolute atomic E-state index is 0.730. The van der Waals surface area contributed by atoms with E-state index < -0.39 is 0 Å². The van der Waals surface area contributed by atoms with Crippen LogP contribution in [0, 0.1) is 4.64 Å². The van der Waals surface area contributed by atoms with Gasteiger partial charge in [-0.15, -0.1) is 0 Å². The molecule has 24 heavy (non-hydrogen) atoms. The zero-order chi connectivity index (χ0) is 16.4. The summed E-state index contributed by atoms with van der Waals surface area (Å²) in [4.78, 5) is 3.23. The summed E-state index contributed by atoms with van der Waals surface area (Å²) in [7, 11) is 0. The molecule has 0 aliphatic heterocycles. The van der Waals surface area contributed by atoms with Gasteiger partial charge in [0, 0.05) is 10.9 Å². The van der Waals surface area contributed by atoms with Crippen molar-refractivity contribution in [1.82, 2.24) is 4.98 Å². The van der Waals surface area contributed by atoms with Crippen molar-refractivity contribution >= 4 is 23.1 Å². The van der Waals surface area contributed by atoms with Gasteiger partial charge in [-0.25, -0.2) is 0 Å². The molecule has 0 atom stereocenters. The van der Waals surface area contributed by atoms with Crippen LogP contribution in [0.2, 0.25) is 0 Å². The number of rotatable bonds is 3. The first kappa shape index (κ1) is 14.7. The molecule has 3 aromatic carbocycles. The summed E-state index contributed by atoms with van der Waals surface area (Å²) in [5.74, 6) is 1.65. The van der Waals surface area contributed by atoms with Crippen LogP contribution in [0.4, 0.5) is 0 Å². The third kappa shape index (κ3) is 2.94. The van der Waals surface area contributed by atoms with E-state index in [9.17, 15) is 0 Å². The predicted molar refractivity (Wildman–Crippen MR) is 101 cm³/mol. The molecule has 0 fully saturated rings. The van der Waals surface area contributed by atoms with E-state index in [1.165, 1.54) is 0 Å². The van der Waals surface area contributed by atoms with Gasteiger partial charge in [-0.2, -0.15) is 0 Å². The number of aromatic nitrogens is 1. The molecule has 0 saturated carbocycles. The van der Waals surface area contributed by atoms with E-state index in [1.54, 1.807) is 0 Å². The Morgan fingerprint density at radius 2 is 1.38 bits per heavy atom. The molecule has 2 nitrogen and oxygen atoms in total. The van der Waals surface area contributed by atoms with Crippen molar-refractivity contribution in [3.8, 4) is 22.6 Å². The van der Waals surface area contributed by atoms with Crippen LogP contribution in [0.3, 0.4) is 0 Å². The molecule has 0 radical (unpaired) electrons. The van der Waals surface area contributed by atoms with Crippen LogP contribution >= 0.6 is 12.2 Å². The van der Waals surface area contributed by atoms with Crippen LogP contribution in [0.5, 0.6) is 11.5 Å². The predicted octanol–water partition coefficient (Wildman–Crippen LogP) is 6.36. The quantitative estimate of drug-likeness (QED) is 0.443.